The zero-order valence-electron chi connectivity index (χ0n) is 11.3. The van der Waals surface area contributed by atoms with Crippen LogP contribution < -0.4 is 5.73 Å². The molecule has 90 valence electrons. The highest BCUT2D eigenvalue weighted by atomic mass is 14.6. The predicted molar refractivity (Wildman–Crippen MR) is 71.7 cm³/mol. The molecule has 1 aromatic rings. The number of aryl methyl sites for hydroxylation is 3. The van der Waals surface area contributed by atoms with Gasteiger partial charge in [0.2, 0.25) is 0 Å². The van der Waals surface area contributed by atoms with Crippen molar-refractivity contribution in [1.82, 2.24) is 0 Å². The fraction of sp³-hybridized carbons (Fsp3) is 0.600. The molecule has 0 radical (unpaired) electrons. The van der Waals surface area contributed by atoms with Crippen LogP contribution in [-0.2, 0) is 0 Å². The Kier molecular flexibility index (Phi) is 4.55. The Morgan fingerprint density at radius 2 is 1.62 bits per heavy atom. The van der Waals surface area contributed by atoms with Crippen LogP contribution in [0.15, 0.2) is 12.1 Å². The van der Waals surface area contributed by atoms with Crippen LogP contribution in [0.3, 0.4) is 0 Å². The largest absolute Gasteiger partial charge is 0.324 e. The van der Waals surface area contributed by atoms with Crippen molar-refractivity contribution in [3.63, 3.8) is 0 Å². The summed E-state index contributed by atoms with van der Waals surface area (Å²) in [5, 5.41) is 0. The topological polar surface area (TPSA) is 26.0 Å². The van der Waals surface area contributed by atoms with Gasteiger partial charge in [-0.2, -0.15) is 0 Å². The van der Waals surface area contributed by atoms with E-state index in [0.717, 1.165) is 0 Å². The van der Waals surface area contributed by atoms with Crippen LogP contribution in [0.2, 0.25) is 0 Å². The van der Waals surface area contributed by atoms with E-state index in [1.165, 1.54) is 35.1 Å². The summed E-state index contributed by atoms with van der Waals surface area (Å²) in [6, 6.07) is 4.65. The van der Waals surface area contributed by atoms with Crippen LogP contribution >= 0.6 is 0 Å². The van der Waals surface area contributed by atoms with Crippen molar-refractivity contribution in [3.05, 3.63) is 34.4 Å². The molecule has 0 spiro atoms. The molecule has 1 heteroatoms. The van der Waals surface area contributed by atoms with E-state index in [2.05, 4.69) is 46.8 Å². The minimum Gasteiger partial charge on any atom is -0.324 e. The second-order valence-corrected chi connectivity index (χ2v) is 5.10. The predicted octanol–water partition coefficient (Wildman–Crippen LogP) is 4.05. The maximum atomic E-state index is 6.38. The molecule has 1 rings (SSSR count). The van der Waals surface area contributed by atoms with Crippen molar-refractivity contribution in [1.29, 1.82) is 0 Å². The number of nitrogens with two attached hydrogens (primary N) is 1. The van der Waals surface area contributed by atoms with Crippen LogP contribution in [0, 0.1) is 26.7 Å². The SMILES string of the molecule is CCCC(C)C(N)c1c(C)cc(C)cc1C. The third-order valence-corrected chi connectivity index (χ3v) is 3.43. The zero-order chi connectivity index (χ0) is 12.3. The van der Waals surface area contributed by atoms with Gasteiger partial charge in [0, 0.05) is 6.04 Å². The first kappa shape index (κ1) is 13.2. The molecule has 2 unspecified atom stereocenters. The molecule has 0 saturated heterocycles. The van der Waals surface area contributed by atoms with E-state index >= 15 is 0 Å². The standard InChI is InChI=1S/C15H25N/c1-6-7-11(3)15(16)14-12(4)8-10(2)9-13(14)5/h8-9,11,15H,6-7,16H2,1-5H3. The molecule has 0 amide bonds. The summed E-state index contributed by atoms with van der Waals surface area (Å²) in [7, 11) is 0. The first-order valence-electron chi connectivity index (χ1n) is 6.30. The molecule has 2 atom stereocenters. The van der Waals surface area contributed by atoms with Gasteiger partial charge in [-0.25, -0.2) is 0 Å². The van der Waals surface area contributed by atoms with Gasteiger partial charge in [-0.3, -0.25) is 0 Å². The summed E-state index contributed by atoms with van der Waals surface area (Å²) in [5.41, 5.74) is 11.7. The monoisotopic (exact) mass is 219 g/mol. The average molecular weight is 219 g/mol. The van der Waals surface area contributed by atoms with Crippen molar-refractivity contribution < 1.29 is 0 Å². The van der Waals surface area contributed by atoms with E-state index in [-0.39, 0.29) is 6.04 Å². The molecular formula is C15H25N. The summed E-state index contributed by atoms with van der Waals surface area (Å²) in [5.74, 6) is 0.560. The Morgan fingerprint density at radius 3 is 2.06 bits per heavy atom. The van der Waals surface area contributed by atoms with E-state index in [9.17, 15) is 0 Å². The second-order valence-electron chi connectivity index (χ2n) is 5.10. The van der Waals surface area contributed by atoms with Gasteiger partial charge >= 0.3 is 0 Å². The quantitative estimate of drug-likeness (QED) is 0.812. The molecule has 0 aliphatic rings. The summed E-state index contributed by atoms with van der Waals surface area (Å²) < 4.78 is 0. The number of benzene rings is 1. The number of hydrogen-bond donors (Lipinski definition) is 1. The molecule has 0 aromatic heterocycles. The number of rotatable bonds is 4. The lowest BCUT2D eigenvalue weighted by Crippen LogP contribution is -2.21. The lowest BCUT2D eigenvalue weighted by atomic mass is 9.86. The van der Waals surface area contributed by atoms with E-state index in [4.69, 9.17) is 5.73 Å². The van der Waals surface area contributed by atoms with Crippen LogP contribution in [0.5, 0.6) is 0 Å². The van der Waals surface area contributed by atoms with Crippen molar-refractivity contribution in [2.45, 2.75) is 53.5 Å². The lowest BCUT2D eigenvalue weighted by Gasteiger charge is -2.24. The van der Waals surface area contributed by atoms with Gasteiger partial charge in [0.15, 0.2) is 0 Å². The zero-order valence-corrected chi connectivity index (χ0v) is 11.3. The van der Waals surface area contributed by atoms with Crippen LogP contribution in [0.1, 0.15) is 55.0 Å². The summed E-state index contributed by atoms with van der Waals surface area (Å²) in [6.07, 6.45) is 2.41. The molecule has 1 nitrogen and oxygen atoms in total. The van der Waals surface area contributed by atoms with E-state index in [1.807, 2.05) is 0 Å². The Hall–Kier alpha value is -0.820. The third kappa shape index (κ3) is 2.85. The summed E-state index contributed by atoms with van der Waals surface area (Å²) in [6.45, 7) is 11.0. The Labute approximate surface area is 100 Å². The molecule has 0 heterocycles. The highest BCUT2D eigenvalue weighted by Crippen LogP contribution is 2.29. The van der Waals surface area contributed by atoms with Crippen molar-refractivity contribution in [3.8, 4) is 0 Å². The maximum Gasteiger partial charge on any atom is 0.0326 e. The van der Waals surface area contributed by atoms with Gasteiger partial charge < -0.3 is 5.73 Å². The Balaban J connectivity index is 3.03. The van der Waals surface area contributed by atoms with Crippen LogP contribution in [-0.4, -0.2) is 0 Å². The minimum atomic E-state index is 0.181. The Bertz CT molecular complexity index is 331. The van der Waals surface area contributed by atoms with E-state index in [0.29, 0.717) is 5.92 Å². The molecule has 16 heavy (non-hydrogen) atoms. The number of hydrogen-bond acceptors (Lipinski definition) is 1. The van der Waals surface area contributed by atoms with E-state index in [1.54, 1.807) is 0 Å². The van der Waals surface area contributed by atoms with Gasteiger partial charge in [-0.05, 0) is 49.8 Å². The van der Waals surface area contributed by atoms with Gasteiger partial charge in [-0.15, -0.1) is 0 Å². The molecule has 0 fully saturated rings. The van der Waals surface area contributed by atoms with Gasteiger partial charge in [0.1, 0.15) is 0 Å². The maximum absolute atomic E-state index is 6.38. The van der Waals surface area contributed by atoms with Crippen LogP contribution in [0.25, 0.3) is 0 Å². The average Bonchev–Trinajstić information content (AvgIpc) is 2.16. The Morgan fingerprint density at radius 1 is 1.12 bits per heavy atom. The molecule has 0 aliphatic carbocycles. The van der Waals surface area contributed by atoms with Gasteiger partial charge in [0.05, 0.1) is 0 Å². The summed E-state index contributed by atoms with van der Waals surface area (Å²) in [4.78, 5) is 0. The molecular weight excluding hydrogens is 194 g/mol. The summed E-state index contributed by atoms with van der Waals surface area (Å²) >= 11 is 0. The molecule has 1 aromatic carbocycles. The molecule has 2 N–H and O–H groups in total. The lowest BCUT2D eigenvalue weighted by molar-refractivity contribution is 0.431. The van der Waals surface area contributed by atoms with Crippen molar-refractivity contribution in [2.75, 3.05) is 0 Å². The highest BCUT2D eigenvalue weighted by molar-refractivity contribution is 5.39. The second kappa shape index (κ2) is 5.49. The first-order chi connectivity index (χ1) is 7.47. The minimum absolute atomic E-state index is 0.181. The first-order valence-corrected chi connectivity index (χ1v) is 6.30. The molecule has 0 saturated carbocycles. The van der Waals surface area contributed by atoms with Gasteiger partial charge in [0.25, 0.3) is 0 Å². The van der Waals surface area contributed by atoms with Crippen molar-refractivity contribution >= 4 is 0 Å². The molecule has 0 aliphatic heterocycles. The van der Waals surface area contributed by atoms with E-state index < -0.39 is 0 Å². The fourth-order valence-corrected chi connectivity index (χ4v) is 2.64. The van der Waals surface area contributed by atoms with Crippen molar-refractivity contribution in [2.24, 2.45) is 11.7 Å². The fourth-order valence-electron chi connectivity index (χ4n) is 2.64. The normalized spacial score (nSPS) is 14.9. The highest BCUT2D eigenvalue weighted by Gasteiger charge is 2.18. The smallest absolute Gasteiger partial charge is 0.0326 e. The third-order valence-electron chi connectivity index (χ3n) is 3.43. The van der Waals surface area contributed by atoms with Crippen LogP contribution in [0.4, 0.5) is 0 Å². The molecule has 0 bridgehead atoms. The van der Waals surface area contributed by atoms with Gasteiger partial charge in [-0.1, -0.05) is 38.0 Å².